The molecule has 1 saturated heterocycles. The van der Waals surface area contributed by atoms with Gasteiger partial charge in [0.2, 0.25) is 0 Å². The van der Waals surface area contributed by atoms with Crippen LogP contribution in [0.15, 0.2) is 22.8 Å². The first-order valence-corrected chi connectivity index (χ1v) is 7.96. The van der Waals surface area contributed by atoms with Crippen molar-refractivity contribution < 1.29 is 14.7 Å². The Morgan fingerprint density at radius 1 is 1.45 bits per heavy atom. The largest absolute Gasteiger partial charge is 0.465 e. The van der Waals surface area contributed by atoms with Crippen LogP contribution in [0.25, 0.3) is 0 Å². The van der Waals surface area contributed by atoms with Crippen molar-refractivity contribution in [3.05, 3.63) is 22.8 Å². The van der Waals surface area contributed by atoms with E-state index in [9.17, 15) is 14.7 Å². The van der Waals surface area contributed by atoms with E-state index in [-0.39, 0.29) is 5.91 Å². The number of piperidine rings is 1. The fourth-order valence-electron chi connectivity index (χ4n) is 2.74. The third kappa shape index (κ3) is 3.40. The molecule has 0 spiro atoms. The minimum absolute atomic E-state index is 0.210. The molecule has 1 unspecified atom stereocenters. The summed E-state index contributed by atoms with van der Waals surface area (Å²) in [4.78, 5) is 31.5. The average Bonchev–Trinajstić information content (AvgIpc) is 2.40. The number of carboxylic acid groups (broad SMARTS) is 1. The number of carbonyl (C=O) groups excluding carboxylic acids is 1. The number of rotatable bonds is 2. The van der Waals surface area contributed by atoms with Crippen molar-refractivity contribution in [3.8, 4) is 0 Å². The number of amides is 2. The van der Waals surface area contributed by atoms with E-state index in [4.69, 9.17) is 0 Å². The third-order valence-corrected chi connectivity index (χ3v) is 4.11. The highest BCUT2D eigenvalue weighted by Crippen LogP contribution is 2.27. The smallest absolute Gasteiger partial charge is 0.408 e. The Morgan fingerprint density at radius 2 is 2.14 bits per heavy atom. The van der Waals surface area contributed by atoms with Crippen LogP contribution in [-0.4, -0.2) is 45.1 Å². The van der Waals surface area contributed by atoms with Gasteiger partial charge in [-0.2, -0.15) is 0 Å². The maximum atomic E-state index is 12.8. The van der Waals surface area contributed by atoms with Gasteiger partial charge in [-0.3, -0.25) is 14.6 Å². The quantitative estimate of drug-likeness (QED) is 0.868. The predicted molar refractivity (Wildman–Crippen MR) is 86.9 cm³/mol. The number of carbonyl (C=O) groups is 2. The molecule has 2 rings (SSSR count). The molecular formula is C15H20BrN3O3. The standard InChI is InChI=1S/C15H20BrN3O3/c1-15(2,3)19(14(21)22)11-5-4-8-18(13(11)20)12-7-6-10(16)9-17-12/h6-7,9,11H,4-5,8H2,1-3H3,(H,21,22). The molecule has 1 aromatic heterocycles. The molecule has 1 N–H and O–H groups in total. The SMILES string of the molecule is CC(C)(C)N(C(=O)O)C1CCCN(c2ccc(Br)cn2)C1=O. The monoisotopic (exact) mass is 369 g/mol. The number of aromatic nitrogens is 1. The van der Waals surface area contributed by atoms with Gasteiger partial charge in [0, 0.05) is 22.8 Å². The molecule has 7 heteroatoms. The second-order valence-corrected chi connectivity index (χ2v) is 7.22. The van der Waals surface area contributed by atoms with Crippen LogP contribution in [0.4, 0.5) is 10.6 Å². The Labute approximate surface area is 138 Å². The van der Waals surface area contributed by atoms with Gasteiger partial charge in [0.25, 0.3) is 5.91 Å². The van der Waals surface area contributed by atoms with Crippen molar-refractivity contribution >= 4 is 33.7 Å². The Balaban J connectivity index is 2.29. The zero-order valence-electron chi connectivity index (χ0n) is 12.9. The molecule has 0 saturated carbocycles. The second-order valence-electron chi connectivity index (χ2n) is 6.31. The molecule has 0 aliphatic carbocycles. The summed E-state index contributed by atoms with van der Waals surface area (Å²) in [6.07, 6.45) is 1.84. The van der Waals surface area contributed by atoms with Gasteiger partial charge in [0.15, 0.2) is 0 Å². The van der Waals surface area contributed by atoms with Gasteiger partial charge < -0.3 is 5.11 Å². The fourth-order valence-corrected chi connectivity index (χ4v) is 2.97. The molecule has 120 valence electrons. The predicted octanol–water partition coefficient (Wildman–Crippen LogP) is 3.12. The summed E-state index contributed by atoms with van der Waals surface area (Å²) in [7, 11) is 0. The summed E-state index contributed by atoms with van der Waals surface area (Å²) in [6, 6.07) is 2.90. The summed E-state index contributed by atoms with van der Waals surface area (Å²) in [6.45, 7) is 5.95. The maximum absolute atomic E-state index is 12.8. The second kappa shape index (κ2) is 6.24. The van der Waals surface area contributed by atoms with Crippen molar-refractivity contribution in [2.24, 2.45) is 0 Å². The van der Waals surface area contributed by atoms with E-state index in [1.54, 1.807) is 37.9 Å². The van der Waals surface area contributed by atoms with E-state index in [0.717, 1.165) is 10.9 Å². The van der Waals surface area contributed by atoms with Crippen LogP contribution in [0.2, 0.25) is 0 Å². The van der Waals surface area contributed by atoms with Crippen LogP contribution in [-0.2, 0) is 4.79 Å². The lowest BCUT2D eigenvalue weighted by Gasteiger charge is -2.42. The van der Waals surface area contributed by atoms with Crippen LogP contribution >= 0.6 is 15.9 Å². The first-order chi connectivity index (χ1) is 10.2. The van der Waals surface area contributed by atoms with Crippen molar-refractivity contribution in [3.63, 3.8) is 0 Å². The third-order valence-electron chi connectivity index (χ3n) is 3.64. The number of pyridine rings is 1. The first-order valence-electron chi connectivity index (χ1n) is 7.17. The summed E-state index contributed by atoms with van der Waals surface area (Å²) >= 11 is 3.31. The van der Waals surface area contributed by atoms with Gasteiger partial charge in [-0.1, -0.05) is 0 Å². The molecule has 1 aromatic rings. The normalized spacial score (nSPS) is 19.2. The Kier molecular flexibility index (Phi) is 4.75. The zero-order valence-corrected chi connectivity index (χ0v) is 14.5. The van der Waals surface area contributed by atoms with Crippen LogP contribution in [0.5, 0.6) is 0 Å². The minimum Gasteiger partial charge on any atom is -0.465 e. The summed E-state index contributed by atoms with van der Waals surface area (Å²) < 4.78 is 0.833. The number of hydrogen-bond donors (Lipinski definition) is 1. The van der Waals surface area contributed by atoms with Crippen molar-refractivity contribution in [1.29, 1.82) is 0 Å². The summed E-state index contributed by atoms with van der Waals surface area (Å²) in [5, 5.41) is 9.51. The zero-order chi connectivity index (χ0) is 16.5. The van der Waals surface area contributed by atoms with E-state index in [0.29, 0.717) is 18.8 Å². The van der Waals surface area contributed by atoms with Gasteiger partial charge in [0.1, 0.15) is 11.9 Å². The van der Waals surface area contributed by atoms with Crippen molar-refractivity contribution in [2.45, 2.75) is 45.2 Å². The molecular weight excluding hydrogens is 350 g/mol. The highest BCUT2D eigenvalue weighted by Gasteiger charge is 2.41. The molecule has 1 aliphatic heterocycles. The number of halogens is 1. The van der Waals surface area contributed by atoms with Gasteiger partial charge in [-0.05, 0) is 61.7 Å². The number of hydrogen-bond acceptors (Lipinski definition) is 3. The molecule has 22 heavy (non-hydrogen) atoms. The Bertz CT molecular complexity index is 568. The maximum Gasteiger partial charge on any atom is 0.408 e. The molecule has 0 radical (unpaired) electrons. The highest BCUT2D eigenvalue weighted by molar-refractivity contribution is 9.10. The minimum atomic E-state index is -1.07. The van der Waals surface area contributed by atoms with Crippen molar-refractivity contribution in [2.75, 3.05) is 11.4 Å². The lowest BCUT2D eigenvalue weighted by Crippen LogP contribution is -2.59. The van der Waals surface area contributed by atoms with Crippen LogP contribution in [0.3, 0.4) is 0 Å². The molecule has 2 amide bonds. The summed E-state index contributed by atoms with van der Waals surface area (Å²) in [5.74, 6) is 0.343. The van der Waals surface area contributed by atoms with E-state index >= 15 is 0 Å². The molecule has 0 bridgehead atoms. The fraction of sp³-hybridized carbons (Fsp3) is 0.533. The van der Waals surface area contributed by atoms with Crippen LogP contribution in [0, 0.1) is 0 Å². The number of anilines is 1. The number of nitrogens with zero attached hydrogens (tertiary/aromatic N) is 3. The summed E-state index contributed by atoms with van der Waals surface area (Å²) in [5.41, 5.74) is -0.637. The molecule has 2 heterocycles. The topological polar surface area (TPSA) is 73.7 Å². The first kappa shape index (κ1) is 16.7. The van der Waals surface area contributed by atoms with E-state index < -0.39 is 17.7 Å². The van der Waals surface area contributed by atoms with Crippen LogP contribution in [0.1, 0.15) is 33.6 Å². The van der Waals surface area contributed by atoms with E-state index in [2.05, 4.69) is 20.9 Å². The Morgan fingerprint density at radius 3 is 2.64 bits per heavy atom. The van der Waals surface area contributed by atoms with Gasteiger partial charge in [-0.15, -0.1) is 0 Å². The van der Waals surface area contributed by atoms with Crippen LogP contribution < -0.4 is 4.90 Å². The Hall–Kier alpha value is -1.63. The average molecular weight is 370 g/mol. The lowest BCUT2D eigenvalue weighted by molar-refractivity contribution is -0.126. The molecule has 1 aliphatic rings. The van der Waals surface area contributed by atoms with Gasteiger partial charge in [0.05, 0.1) is 0 Å². The highest BCUT2D eigenvalue weighted by atomic mass is 79.9. The van der Waals surface area contributed by atoms with Gasteiger partial charge >= 0.3 is 6.09 Å². The molecule has 1 fully saturated rings. The lowest BCUT2D eigenvalue weighted by atomic mass is 9.97. The van der Waals surface area contributed by atoms with E-state index in [1.165, 1.54) is 4.90 Å². The molecule has 0 aromatic carbocycles. The molecule has 1 atom stereocenters. The van der Waals surface area contributed by atoms with Gasteiger partial charge in [-0.25, -0.2) is 9.78 Å². The van der Waals surface area contributed by atoms with E-state index in [1.807, 2.05) is 6.07 Å². The van der Waals surface area contributed by atoms with Crippen molar-refractivity contribution in [1.82, 2.24) is 9.88 Å². The molecule has 6 nitrogen and oxygen atoms in total.